The van der Waals surface area contributed by atoms with Gasteiger partial charge in [-0.1, -0.05) is 15.9 Å². The van der Waals surface area contributed by atoms with Crippen LogP contribution in [0.5, 0.6) is 5.75 Å². The number of benzene rings is 1. The SMILES string of the molecule is C[C@H](O)c1cc(Br)ccc1OCc1cncn1C1CC1. The van der Waals surface area contributed by atoms with Crippen LogP contribution in [0.2, 0.25) is 0 Å². The second kappa shape index (κ2) is 5.58. The Bertz CT molecular complexity index is 606. The van der Waals surface area contributed by atoms with Crippen molar-refractivity contribution in [2.45, 2.75) is 38.5 Å². The summed E-state index contributed by atoms with van der Waals surface area (Å²) in [7, 11) is 0. The van der Waals surface area contributed by atoms with Crippen molar-refractivity contribution in [2.75, 3.05) is 0 Å². The zero-order valence-corrected chi connectivity index (χ0v) is 12.9. The minimum atomic E-state index is -0.559. The summed E-state index contributed by atoms with van der Waals surface area (Å²) in [5, 5.41) is 9.82. The number of aliphatic hydroxyl groups is 1. The van der Waals surface area contributed by atoms with Crippen LogP contribution in [0.15, 0.2) is 35.2 Å². The van der Waals surface area contributed by atoms with Crippen LogP contribution in [0.4, 0.5) is 0 Å². The third kappa shape index (κ3) is 2.88. The standard InChI is InChI=1S/C15H17BrN2O2/c1-10(19)14-6-11(16)2-5-15(14)20-8-13-7-17-9-18(13)12-3-4-12/h2,5-7,9-10,12,19H,3-4,8H2,1H3/t10-/m0/s1. The van der Waals surface area contributed by atoms with Gasteiger partial charge in [-0.2, -0.15) is 0 Å². The van der Waals surface area contributed by atoms with E-state index in [1.54, 1.807) is 6.92 Å². The fraction of sp³-hybridized carbons (Fsp3) is 0.400. The van der Waals surface area contributed by atoms with Gasteiger partial charge < -0.3 is 14.4 Å². The monoisotopic (exact) mass is 336 g/mol. The van der Waals surface area contributed by atoms with Crippen molar-refractivity contribution >= 4 is 15.9 Å². The first-order valence-corrected chi connectivity index (χ1v) is 7.55. The molecule has 0 unspecified atom stereocenters. The Morgan fingerprint density at radius 1 is 1.50 bits per heavy atom. The number of hydrogen-bond acceptors (Lipinski definition) is 3. The van der Waals surface area contributed by atoms with Gasteiger partial charge in [-0.25, -0.2) is 4.98 Å². The molecule has 20 heavy (non-hydrogen) atoms. The van der Waals surface area contributed by atoms with Crippen LogP contribution in [0.25, 0.3) is 0 Å². The van der Waals surface area contributed by atoms with E-state index in [-0.39, 0.29) is 0 Å². The maximum atomic E-state index is 9.82. The molecule has 1 N–H and O–H groups in total. The summed E-state index contributed by atoms with van der Waals surface area (Å²) in [5.41, 5.74) is 1.86. The van der Waals surface area contributed by atoms with Crippen LogP contribution in [0.1, 0.15) is 43.2 Å². The Labute approximate surface area is 126 Å². The van der Waals surface area contributed by atoms with E-state index < -0.39 is 6.10 Å². The van der Waals surface area contributed by atoms with Crippen molar-refractivity contribution < 1.29 is 9.84 Å². The molecule has 0 spiro atoms. The third-order valence-electron chi connectivity index (χ3n) is 3.48. The molecule has 1 heterocycles. The van der Waals surface area contributed by atoms with Gasteiger partial charge in [-0.05, 0) is 38.0 Å². The van der Waals surface area contributed by atoms with Crippen molar-refractivity contribution in [1.82, 2.24) is 9.55 Å². The number of hydrogen-bond donors (Lipinski definition) is 1. The highest BCUT2D eigenvalue weighted by Crippen LogP contribution is 2.36. The molecule has 1 saturated carbocycles. The molecule has 1 atom stereocenters. The molecular weight excluding hydrogens is 320 g/mol. The number of aromatic nitrogens is 2. The summed E-state index contributed by atoms with van der Waals surface area (Å²) in [5.74, 6) is 0.715. The van der Waals surface area contributed by atoms with E-state index in [0.29, 0.717) is 18.4 Å². The fourth-order valence-electron chi connectivity index (χ4n) is 2.25. The van der Waals surface area contributed by atoms with E-state index in [1.807, 2.05) is 30.7 Å². The van der Waals surface area contributed by atoms with E-state index in [2.05, 4.69) is 25.5 Å². The molecule has 4 nitrogen and oxygen atoms in total. The maximum Gasteiger partial charge on any atom is 0.130 e. The minimum absolute atomic E-state index is 0.470. The number of imidazole rings is 1. The lowest BCUT2D eigenvalue weighted by Crippen LogP contribution is -2.05. The lowest BCUT2D eigenvalue weighted by Gasteiger charge is -2.14. The molecule has 1 aliphatic carbocycles. The number of nitrogens with zero attached hydrogens (tertiary/aromatic N) is 2. The van der Waals surface area contributed by atoms with Gasteiger partial charge in [-0.3, -0.25) is 0 Å². The van der Waals surface area contributed by atoms with Gasteiger partial charge in [0.2, 0.25) is 0 Å². The van der Waals surface area contributed by atoms with Crippen molar-refractivity contribution in [3.8, 4) is 5.75 Å². The zero-order chi connectivity index (χ0) is 14.1. The van der Waals surface area contributed by atoms with Gasteiger partial charge in [-0.15, -0.1) is 0 Å². The zero-order valence-electron chi connectivity index (χ0n) is 11.3. The first-order chi connectivity index (χ1) is 9.65. The molecule has 0 saturated heterocycles. The van der Waals surface area contributed by atoms with Crippen LogP contribution >= 0.6 is 15.9 Å². The van der Waals surface area contributed by atoms with Gasteiger partial charge in [0.15, 0.2) is 0 Å². The molecule has 1 fully saturated rings. The molecule has 0 aliphatic heterocycles. The molecule has 3 rings (SSSR count). The van der Waals surface area contributed by atoms with Gasteiger partial charge in [0.1, 0.15) is 12.4 Å². The molecule has 0 amide bonds. The topological polar surface area (TPSA) is 47.3 Å². The summed E-state index contributed by atoms with van der Waals surface area (Å²) in [4.78, 5) is 4.19. The van der Waals surface area contributed by atoms with Gasteiger partial charge in [0, 0.05) is 16.1 Å². The van der Waals surface area contributed by atoms with Crippen molar-refractivity contribution in [1.29, 1.82) is 0 Å². The molecule has 1 aromatic heterocycles. The van der Waals surface area contributed by atoms with E-state index in [1.165, 1.54) is 12.8 Å². The second-order valence-corrected chi connectivity index (χ2v) is 6.09. The smallest absolute Gasteiger partial charge is 0.130 e. The first-order valence-electron chi connectivity index (χ1n) is 6.76. The third-order valence-corrected chi connectivity index (χ3v) is 3.98. The van der Waals surface area contributed by atoms with Crippen molar-refractivity contribution in [2.24, 2.45) is 0 Å². The Hall–Kier alpha value is -1.33. The Kier molecular flexibility index (Phi) is 3.81. The summed E-state index contributed by atoms with van der Waals surface area (Å²) in [6.07, 6.45) is 5.60. The largest absolute Gasteiger partial charge is 0.487 e. The quantitative estimate of drug-likeness (QED) is 0.907. The Morgan fingerprint density at radius 2 is 2.30 bits per heavy atom. The molecule has 2 aromatic rings. The van der Waals surface area contributed by atoms with Crippen LogP contribution in [0, 0.1) is 0 Å². The van der Waals surface area contributed by atoms with Crippen LogP contribution < -0.4 is 4.74 Å². The normalized spacial score (nSPS) is 16.1. The average molecular weight is 337 g/mol. The molecule has 1 aliphatic rings. The number of aliphatic hydroxyl groups excluding tert-OH is 1. The number of halogens is 1. The van der Waals surface area contributed by atoms with Gasteiger partial charge in [0.05, 0.1) is 24.3 Å². The highest BCUT2D eigenvalue weighted by Gasteiger charge is 2.25. The van der Waals surface area contributed by atoms with Gasteiger partial charge >= 0.3 is 0 Å². The van der Waals surface area contributed by atoms with E-state index in [4.69, 9.17) is 4.74 Å². The maximum absolute atomic E-state index is 9.82. The first kappa shape index (κ1) is 13.6. The van der Waals surface area contributed by atoms with Gasteiger partial charge in [0.25, 0.3) is 0 Å². The fourth-order valence-corrected chi connectivity index (χ4v) is 2.63. The molecule has 106 valence electrons. The van der Waals surface area contributed by atoms with E-state index in [0.717, 1.165) is 15.7 Å². The van der Waals surface area contributed by atoms with E-state index >= 15 is 0 Å². The highest BCUT2D eigenvalue weighted by molar-refractivity contribution is 9.10. The summed E-state index contributed by atoms with van der Waals surface area (Å²) in [6, 6.07) is 6.28. The second-order valence-electron chi connectivity index (χ2n) is 5.17. The van der Waals surface area contributed by atoms with E-state index in [9.17, 15) is 5.11 Å². The number of ether oxygens (including phenoxy) is 1. The molecule has 0 bridgehead atoms. The summed E-state index contributed by atoms with van der Waals surface area (Å²) >= 11 is 3.41. The van der Waals surface area contributed by atoms with Crippen molar-refractivity contribution in [3.05, 3.63) is 46.5 Å². The summed E-state index contributed by atoms with van der Waals surface area (Å²) < 4.78 is 8.99. The molecule has 1 aromatic carbocycles. The average Bonchev–Trinajstić information content (AvgIpc) is 3.16. The van der Waals surface area contributed by atoms with Crippen LogP contribution in [-0.4, -0.2) is 14.7 Å². The Morgan fingerprint density at radius 3 is 3.00 bits per heavy atom. The number of rotatable bonds is 5. The molecule has 0 radical (unpaired) electrons. The predicted molar refractivity (Wildman–Crippen MR) is 79.6 cm³/mol. The molecule has 5 heteroatoms. The predicted octanol–water partition coefficient (Wildman–Crippen LogP) is 3.61. The highest BCUT2D eigenvalue weighted by atomic mass is 79.9. The van der Waals surface area contributed by atoms with Crippen LogP contribution in [0.3, 0.4) is 0 Å². The van der Waals surface area contributed by atoms with Crippen molar-refractivity contribution in [3.63, 3.8) is 0 Å². The minimum Gasteiger partial charge on any atom is -0.487 e. The summed E-state index contributed by atoms with van der Waals surface area (Å²) in [6.45, 7) is 2.21. The Balaban J connectivity index is 1.76. The van der Waals surface area contributed by atoms with Crippen LogP contribution in [-0.2, 0) is 6.61 Å². The lowest BCUT2D eigenvalue weighted by molar-refractivity contribution is 0.189. The molecular formula is C15H17BrN2O2. The lowest BCUT2D eigenvalue weighted by atomic mass is 10.1.